The molecule has 1 aliphatic carbocycles. The summed E-state index contributed by atoms with van der Waals surface area (Å²) in [6.45, 7) is 3.94. The molecule has 6 nitrogen and oxygen atoms in total. The number of rotatable bonds is 2. The predicted octanol–water partition coefficient (Wildman–Crippen LogP) is 2.98. The van der Waals surface area contributed by atoms with Crippen LogP contribution in [0.3, 0.4) is 0 Å². The zero-order valence-electron chi connectivity index (χ0n) is 14.0. The van der Waals surface area contributed by atoms with Crippen molar-refractivity contribution in [2.75, 3.05) is 19.7 Å². The number of aromatic nitrogens is 2. The van der Waals surface area contributed by atoms with Crippen LogP contribution in [0.4, 0.5) is 4.79 Å². The summed E-state index contributed by atoms with van der Waals surface area (Å²) in [6.07, 6.45) is 4.53. The van der Waals surface area contributed by atoms with Crippen molar-refractivity contribution in [3.05, 3.63) is 30.1 Å². The number of amides is 2. The van der Waals surface area contributed by atoms with Crippen molar-refractivity contribution in [2.24, 2.45) is 0 Å². The maximum Gasteiger partial charge on any atom is 0.318 e. The van der Waals surface area contributed by atoms with Crippen LogP contribution >= 0.6 is 0 Å². The van der Waals surface area contributed by atoms with Crippen LogP contribution in [0.2, 0.25) is 0 Å². The number of H-pyrrole nitrogens is 1. The highest BCUT2D eigenvalue weighted by Gasteiger charge is 2.40. The number of benzene rings is 1. The SMILES string of the molecule is C[C@H](NC(=O)N1CCOC2(CCCC2)C1)c1nc2ccccc2[nH]1. The average molecular weight is 328 g/mol. The van der Waals surface area contributed by atoms with Crippen molar-refractivity contribution < 1.29 is 9.53 Å². The number of hydrogen-bond donors (Lipinski definition) is 2. The van der Waals surface area contributed by atoms with E-state index in [1.165, 1.54) is 12.8 Å². The Kier molecular flexibility index (Phi) is 3.92. The molecule has 1 spiro atoms. The first kappa shape index (κ1) is 15.4. The Morgan fingerprint density at radius 2 is 2.17 bits per heavy atom. The van der Waals surface area contributed by atoms with Gasteiger partial charge in [0.25, 0.3) is 0 Å². The molecule has 2 aliphatic rings. The van der Waals surface area contributed by atoms with E-state index in [1.54, 1.807) is 0 Å². The van der Waals surface area contributed by atoms with Crippen LogP contribution in [0, 0.1) is 0 Å². The summed E-state index contributed by atoms with van der Waals surface area (Å²) in [5, 5.41) is 3.07. The molecule has 2 heterocycles. The van der Waals surface area contributed by atoms with Gasteiger partial charge in [-0.2, -0.15) is 0 Å². The van der Waals surface area contributed by atoms with Crippen LogP contribution in [-0.4, -0.2) is 46.2 Å². The third-order valence-corrected chi connectivity index (χ3v) is 5.21. The molecule has 24 heavy (non-hydrogen) atoms. The monoisotopic (exact) mass is 328 g/mol. The zero-order valence-corrected chi connectivity index (χ0v) is 14.0. The van der Waals surface area contributed by atoms with Gasteiger partial charge in [0, 0.05) is 6.54 Å². The number of hydrogen-bond acceptors (Lipinski definition) is 3. The molecule has 0 radical (unpaired) electrons. The lowest BCUT2D eigenvalue weighted by Crippen LogP contribution is -2.55. The smallest absolute Gasteiger partial charge is 0.318 e. The first-order valence-corrected chi connectivity index (χ1v) is 8.79. The molecule has 128 valence electrons. The number of carbonyl (C=O) groups is 1. The molecule has 0 unspecified atom stereocenters. The van der Waals surface area contributed by atoms with Gasteiger partial charge in [0.2, 0.25) is 0 Å². The molecule has 2 amide bonds. The van der Waals surface area contributed by atoms with E-state index in [2.05, 4.69) is 15.3 Å². The van der Waals surface area contributed by atoms with Crippen molar-refractivity contribution in [2.45, 2.75) is 44.2 Å². The number of morpholine rings is 1. The predicted molar refractivity (Wildman–Crippen MR) is 91.8 cm³/mol. The molecule has 2 fully saturated rings. The van der Waals surface area contributed by atoms with E-state index in [0.29, 0.717) is 19.7 Å². The number of nitrogens with one attached hydrogen (secondary N) is 2. The molecule has 1 atom stereocenters. The van der Waals surface area contributed by atoms with Crippen LogP contribution in [0.5, 0.6) is 0 Å². The van der Waals surface area contributed by atoms with Gasteiger partial charge >= 0.3 is 6.03 Å². The first-order chi connectivity index (χ1) is 11.7. The Hall–Kier alpha value is -2.08. The number of aromatic amines is 1. The molecule has 4 rings (SSSR count). The second-order valence-corrected chi connectivity index (χ2v) is 6.97. The molecule has 2 aromatic rings. The van der Waals surface area contributed by atoms with Crippen molar-refractivity contribution in [1.82, 2.24) is 20.2 Å². The lowest BCUT2D eigenvalue weighted by atomic mass is 10.00. The molecule has 2 N–H and O–H groups in total. The van der Waals surface area contributed by atoms with Crippen LogP contribution in [0.1, 0.15) is 44.5 Å². The highest BCUT2D eigenvalue weighted by atomic mass is 16.5. The van der Waals surface area contributed by atoms with Crippen LogP contribution in [-0.2, 0) is 4.74 Å². The summed E-state index contributed by atoms with van der Waals surface area (Å²) in [5.74, 6) is 0.786. The molecule has 1 saturated heterocycles. The largest absolute Gasteiger partial charge is 0.371 e. The van der Waals surface area contributed by atoms with Gasteiger partial charge in [-0.1, -0.05) is 25.0 Å². The number of imidazole rings is 1. The van der Waals surface area contributed by atoms with Crippen molar-refractivity contribution >= 4 is 17.1 Å². The number of nitrogens with zero attached hydrogens (tertiary/aromatic N) is 2. The molecular weight excluding hydrogens is 304 g/mol. The van der Waals surface area contributed by atoms with E-state index in [1.807, 2.05) is 36.1 Å². The number of urea groups is 1. The van der Waals surface area contributed by atoms with E-state index in [0.717, 1.165) is 29.7 Å². The standard InChI is InChI=1S/C18H24N4O2/c1-13(16-20-14-6-2-3-7-15(14)21-16)19-17(23)22-10-11-24-18(12-22)8-4-5-9-18/h2-3,6-7,13H,4-5,8-12H2,1H3,(H,19,23)(H,20,21)/t13-/m0/s1. The second-order valence-electron chi connectivity index (χ2n) is 6.97. The Morgan fingerprint density at radius 1 is 1.38 bits per heavy atom. The minimum Gasteiger partial charge on any atom is -0.371 e. The normalized spacial score (nSPS) is 21.3. The third kappa shape index (κ3) is 2.86. The zero-order chi connectivity index (χ0) is 16.6. The Morgan fingerprint density at radius 3 is 2.96 bits per heavy atom. The Balaban J connectivity index is 1.43. The third-order valence-electron chi connectivity index (χ3n) is 5.21. The summed E-state index contributed by atoms with van der Waals surface area (Å²) in [6, 6.07) is 7.71. The van der Waals surface area contributed by atoms with Gasteiger partial charge < -0.3 is 19.9 Å². The number of ether oxygens (including phenoxy) is 1. The van der Waals surface area contributed by atoms with Crippen molar-refractivity contribution in [3.63, 3.8) is 0 Å². The van der Waals surface area contributed by atoms with E-state index < -0.39 is 0 Å². The molecule has 0 bridgehead atoms. The maximum absolute atomic E-state index is 12.7. The van der Waals surface area contributed by atoms with Crippen molar-refractivity contribution in [3.8, 4) is 0 Å². The topological polar surface area (TPSA) is 70.2 Å². The van der Waals surface area contributed by atoms with Gasteiger partial charge in [0.05, 0.1) is 35.8 Å². The van der Waals surface area contributed by atoms with Gasteiger partial charge in [-0.25, -0.2) is 9.78 Å². The minimum absolute atomic E-state index is 0.0301. The molecule has 6 heteroatoms. The minimum atomic E-state index is -0.160. The fraction of sp³-hybridized carbons (Fsp3) is 0.556. The summed E-state index contributed by atoms with van der Waals surface area (Å²) in [7, 11) is 0. The Bertz CT molecular complexity index is 702. The van der Waals surface area contributed by atoms with Gasteiger partial charge in [-0.15, -0.1) is 0 Å². The molecule has 1 aromatic carbocycles. The molecular formula is C18H24N4O2. The number of carbonyl (C=O) groups excluding carboxylic acids is 1. The fourth-order valence-corrected chi connectivity index (χ4v) is 3.86. The van der Waals surface area contributed by atoms with Gasteiger partial charge in [0.15, 0.2) is 0 Å². The average Bonchev–Trinajstić information content (AvgIpc) is 3.22. The van der Waals surface area contributed by atoms with E-state index in [9.17, 15) is 4.79 Å². The van der Waals surface area contributed by atoms with Gasteiger partial charge in [-0.05, 0) is 31.9 Å². The van der Waals surface area contributed by atoms with Crippen LogP contribution < -0.4 is 5.32 Å². The maximum atomic E-state index is 12.7. The van der Waals surface area contributed by atoms with E-state index in [-0.39, 0.29) is 17.7 Å². The fourth-order valence-electron chi connectivity index (χ4n) is 3.86. The quantitative estimate of drug-likeness (QED) is 0.890. The lowest BCUT2D eigenvalue weighted by molar-refractivity contribution is -0.0927. The first-order valence-electron chi connectivity index (χ1n) is 8.79. The van der Waals surface area contributed by atoms with Crippen LogP contribution in [0.25, 0.3) is 11.0 Å². The van der Waals surface area contributed by atoms with E-state index >= 15 is 0 Å². The van der Waals surface area contributed by atoms with Gasteiger partial charge in [0.1, 0.15) is 5.82 Å². The highest BCUT2D eigenvalue weighted by Crippen LogP contribution is 2.35. The number of para-hydroxylation sites is 2. The van der Waals surface area contributed by atoms with Crippen molar-refractivity contribution in [1.29, 1.82) is 0 Å². The second kappa shape index (κ2) is 6.09. The summed E-state index contributed by atoms with van der Waals surface area (Å²) >= 11 is 0. The number of fused-ring (bicyclic) bond motifs is 1. The van der Waals surface area contributed by atoms with Gasteiger partial charge in [-0.3, -0.25) is 0 Å². The lowest BCUT2D eigenvalue weighted by Gasteiger charge is -2.40. The highest BCUT2D eigenvalue weighted by molar-refractivity contribution is 5.76. The summed E-state index contributed by atoms with van der Waals surface area (Å²) < 4.78 is 6.00. The molecule has 1 aromatic heterocycles. The summed E-state index contributed by atoms with van der Waals surface area (Å²) in [4.78, 5) is 22.4. The Labute approximate surface area is 141 Å². The molecule has 1 saturated carbocycles. The summed E-state index contributed by atoms with van der Waals surface area (Å²) in [5.41, 5.74) is 1.81. The molecule has 1 aliphatic heterocycles. The van der Waals surface area contributed by atoms with Crippen LogP contribution in [0.15, 0.2) is 24.3 Å². The van der Waals surface area contributed by atoms with E-state index in [4.69, 9.17) is 4.74 Å².